The largest absolute Gasteiger partial charge is 0.457 e. The van der Waals surface area contributed by atoms with Crippen LogP contribution in [0.4, 0.5) is 5.82 Å². The quantitative estimate of drug-likeness (QED) is 0.0455. The van der Waals surface area contributed by atoms with E-state index in [0.717, 1.165) is 111 Å². The summed E-state index contributed by atoms with van der Waals surface area (Å²) in [5.74, 6) is 0.757. The van der Waals surface area contributed by atoms with E-state index in [9.17, 15) is 24.0 Å². The maximum absolute atomic E-state index is 13.5. The van der Waals surface area contributed by atoms with Crippen molar-refractivity contribution in [2.24, 2.45) is 0 Å². The normalized spacial score (nSPS) is 19.4. The van der Waals surface area contributed by atoms with E-state index in [0.29, 0.717) is 52.5 Å². The lowest BCUT2D eigenvalue weighted by Crippen LogP contribution is -2.54. The van der Waals surface area contributed by atoms with Gasteiger partial charge in [0.2, 0.25) is 17.7 Å². The molecule has 3 fully saturated rings. The van der Waals surface area contributed by atoms with Gasteiger partial charge in [0, 0.05) is 68.8 Å². The number of rotatable bonds is 17. The molecule has 0 radical (unpaired) electrons. The monoisotopic (exact) mass is 924 g/mol. The highest BCUT2D eigenvalue weighted by molar-refractivity contribution is 7.99. The molecule has 0 bridgehead atoms. The van der Waals surface area contributed by atoms with Gasteiger partial charge in [-0.25, -0.2) is 14.6 Å². The van der Waals surface area contributed by atoms with Crippen LogP contribution in [0.25, 0.3) is 22.3 Å². The molecule has 348 valence electrons. The topological polar surface area (TPSA) is 189 Å². The predicted octanol–water partition coefficient (Wildman–Crippen LogP) is 6.35. The van der Waals surface area contributed by atoms with E-state index < -0.39 is 23.8 Å². The van der Waals surface area contributed by atoms with E-state index in [1.54, 1.807) is 30.0 Å². The van der Waals surface area contributed by atoms with E-state index in [2.05, 4.69) is 25.1 Å². The molecule has 67 heavy (non-hydrogen) atoms. The third-order valence-corrected chi connectivity index (χ3v) is 14.2. The molecule has 6 heterocycles. The first-order chi connectivity index (χ1) is 32.7. The molecule has 0 aliphatic carbocycles. The Morgan fingerprint density at radius 3 is 2.39 bits per heavy atom. The van der Waals surface area contributed by atoms with Crippen molar-refractivity contribution in [2.75, 3.05) is 63.8 Å². The second kappa shape index (κ2) is 21.0. The van der Waals surface area contributed by atoms with Crippen molar-refractivity contribution in [1.29, 1.82) is 0 Å². The maximum Gasteiger partial charge on any atom is 0.263 e. The molecule has 0 spiro atoms. The number of anilines is 1. The lowest BCUT2D eigenvalue weighted by Gasteiger charge is -2.34. The van der Waals surface area contributed by atoms with Crippen LogP contribution in [-0.2, 0) is 14.4 Å². The number of nitrogens with two attached hydrogens (primary N) is 1. The van der Waals surface area contributed by atoms with E-state index in [1.165, 1.54) is 6.33 Å². The molecular weight excluding hydrogens is 869 g/mol. The molecule has 17 heteroatoms. The number of fused-ring (bicyclic) bond motifs is 2. The number of thioether (sulfide) groups is 1. The maximum atomic E-state index is 13.5. The number of piperidine rings is 2. The first-order valence-corrected chi connectivity index (χ1v) is 24.4. The zero-order valence-corrected chi connectivity index (χ0v) is 38.4. The Labute approximate surface area is 393 Å². The van der Waals surface area contributed by atoms with Crippen LogP contribution >= 0.6 is 11.8 Å². The highest BCUT2D eigenvalue weighted by atomic mass is 32.2. The molecule has 3 aromatic carbocycles. The Hall–Kier alpha value is -6.43. The van der Waals surface area contributed by atoms with Crippen LogP contribution in [0.3, 0.4) is 0 Å². The van der Waals surface area contributed by atoms with Gasteiger partial charge in [-0.15, -0.1) is 11.8 Å². The molecule has 4 aliphatic heterocycles. The zero-order valence-electron chi connectivity index (χ0n) is 37.6. The molecule has 5 aromatic rings. The third kappa shape index (κ3) is 10.4. The van der Waals surface area contributed by atoms with Crippen LogP contribution in [0.1, 0.15) is 84.5 Å². The number of nitrogens with one attached hydrogen (secondary N) is 1. The lowest BCUT2D eigenvalue weighted by atomic mass is 10.0. The van der Waals surface area contributed by atoms with Gasteiger partial charge in [-0.2, -0.15) is 5.10 Å². The fourth-order valence-corrected chi connectivity index (χ4v) is 10.6. The van der Waals surface area contributed by atoms with Gasteiger partial charge in [-0.1, -0.05) is 49.6 Å². The molecule has 0 saturated carbocycles. The molecule has 5 amide bonds. The highest BCUT2D eigenvalue weighted by Gasteiger charge is 2.45. The fourth-order valence-electron chi connectivity index (χ4n) is 9.47. The number of nitrogens with zero attached hydrogens (tertiary/aromatic N) is 8. The van der Waals surface area contributed by atoms with Crippen LogP contribution in [0.5, 0.6) is 11.5 Å². The van der Waals surface area contributed by atoms with Crippen LogP contribution in [0, 0.1) is 0 Å². The molecule has 3 N–H and O–H groups in total. The first-order valence-electron chi connectivity index (χ1n) is 23.4. The molecule has 16 nitrogen and oxygen atoms in total. The second-order valence-electron chi connectivity index (χ2n) is 17.6. The number of carbonyl (C=O) groups excluding carboxylic acids is 5. The first kappa shape index (κ1) is 45.7. The minimum absolute atomic E-state index is 0.00953. The zero-order chi connectivity index (χ0) is 46.3. The number of hydrogen-bond acceptors (Lipinski definition) is 13. The second-order valence-corrected chi connectivity index (χ2v) is 18.7. The number of aromatic nitrogens is 4. The molecule has 2 aromatic heterocycles. The van der Waals surface area contributed by atoms with E-state index in [4.69, 9.17) is 15.6 Å². The Morgan fingerprint density at radius 2 is 1.58 bits per heavy atom. The summed E-state index contributed by atoms with van der Waals surface area (Å²) in [5, 5.41) is 8.00. The van der Waals surface area contributed by atoms with Crippen molar-refractivity contribution >= 4 is 58.1 Å². The van der Waals surface area contributed by atoms with Gasteiger partial charge in [0.1, 0.15) is 35.4 Å². The summed E-state index contributed by atoms with van der Waals surface area (Å²) in [7, 11) is 0. The van der Waals surface area contributed by atoms with Gasteiger partial charge < -0.3 is 20.3 Å². The fraction of sp³-hybridized carbons (Fsp3) is 0.400. The van der Waals surface area contributed by atoms with Crippen molar-refractivity contribution in [3.05, 3.63) is 102 Å². The summed E-state index contributed by atoms with van der Waals surface area (Å²) in [6.45, 7) is 6.98. The number of amides is 5. The minimum atomic E-state index is -0.962. The molecule has 2 unspecified atom stereocenters. The van der Waals surface area contributed by atoms with Gasteiger partial charge in [0.15, 0.2) is 5.65 Å². The Balaban J connectivity index is 0.675. The van der Waals surface area contributed by atoms with Crippen molar-refractivity contribution in [3.63, 3.8) is 0 Å². The number of imide groups is 2. The Kier molecular flexibility index (Phi) is 14.4. The summed E-state index contributed by atoms with van der Waals surface area (Å²) in [6.07, 6.45) is 12.7. The van der Waals surface area contributed by atoms with Crippen LogP contribution in [0.2, 0.25) is 0 Å². The highest BCUT2D eigenvalue weighted by Crippen LogP contribution is 2.37. The molecule has 3 saturated heterocycles. The van der Waals surface area contributed by atoms with Gasteiger partial charge in [0.25, 0.3) is 11.8 Å². The van der Waals surface area contributed by atoms with Crippen LogP contribution in [-0.4, -0.2) is 133 Å². The van der Waals surface area contributed by atoms with Crippen molar-refractivity contribution < 1.29 is 28.7 Å². The van der Waals surface area contributed by atoms with E-state index in [1.807, 2.05) is 76.3 Å². The number of ether oxygens (including phenoxy) is 1. The van der Waals surface area contributed by atoms with Gasteiger partial charge in [-0.3, -0.25) is 39.1 Å². The average molecular weight is 925 g/mol. The molecule has 4 aliphatic rings. The number of hydrogen-bond donors (Lipinski definition) is 2. The van der Waals surface area contributed by atoms with Crippen molar-refractivity contribution in [2.45, 2.75) is 74.8 Å². The number of carbonyl (C=O) groups is 5. The van der Waals surface area contributed by atoms with Gasteiger partial charge in [-0.05, 0) is 92.9 Å². The number of nitrogen functional groups attached to an aromatic ring is 1. The van der Waals surface area contributed by atoms with Crippen LogP contribution < -0.4 is 15.8 Å². The van der Waals surface area contributed by atoms with E-state index in [-0.39, 0.29) is 30.7 Å². The van der Waals surface area contributed by atoms with Crippen molar-refractivity contribution in [3.8, 4) is 22.8 Å². The van der Waals surface area contributed by atoms with Crippen LogP contribution in [0.15, 0.2) is 96.2 Å². The third-order valence-electron chi connectivity index (χ3n) is 13.1. The SMILES string of the molecule is Nc1ncnc2c1c(-c1ccc(Oc3ccccc3)cc1)nn2C1CCCN(C(=O)/C=C/CN2CCN(CCCCCCCSc3cccc4c3C(=O)N(C3CCC(=O)NC3=O)C4=O)CC2)C1. The van der Waals surface area contributed by atoms with Gasteiger partial charge in [0.05, 0.1) is 22.6 Å². The van der Waals surface area contributed by atoms with E-state index >= 15 is 0 Å². The standard InChI is InChI=1S/C50H56N10O6S/c51-46-44-45(34-18-20-37(21-19-34)66-36-13-5-4-6-14-36)55-60(47(44)53-33-52-46)35-12-10-26-58(32-35)42(62)17-11-25-57-29-27-56(28-30-57)24-7-2-1-3-8-31-67-40-16-9-15-38-43(40)50(65)59(49(38)64)39-22-23-41(61)54-48(39)63/h4-6,9,11,13-21,33,35,39H,1-3,7-8,10,12,22-32H2,(H2,51,52,53)(H,54,61,63)/b17-11+. The smallest absolute Gasteiger partial charge is 0.263 e. The number of likely N-dealkylation sites (tertiary alicyclic amines) is 1. The summed E-state index contributed by atoms with van der Waals surface area (Å²) in [6, 6.07) is 21.6. The number of benzene rings is 3. The minimum Gasteiger partial charge on any atom is -0.457 e. The summed E-state index contributed by atoms with van der Waals surface area (Å²) in [5.41, 5.74) is 9.35. The Bertz CT molecular complexity index is 2650. The van der Waals surface area contributed by atoms with Crippen molar-refractivity contribution in [1.82, 2.24) is 44.7 Å². The molecular formula is C50H56N10O6S. The predicted molar refractivity (Wildman–Crippen MR) is 255 cm³/mol. The summed E-state index contributed by atoms with van der Waals surface area (Å²) >= 11 is 1.58. The number of piperazine rings is 1. The summed E-state index contributed by atoms with van der Waals surface area (Å²) in [4.78, 5) is 81.6. The summed E-state index contributed by atoms with van der Waals surface area (Å²) < 4.78 is 7.92. The molecule has 2 atom stereocenters. The van der Waals surface area contributed by atoms with Gasteiger partial charge >= 0.3 is 0 Å². The molecule has 9 rings (SSSR count). The average Bonchev–Trinajstić information content (AvgIpc) is 3.86. The number of unbranched alkanes of at least 4 members (excludes halogenated alkanes) is 4. The lowest BCUT2D eigenvalue weighted by molar-refractivity contribution is -0.136. The Morgan fingerprint density at radius 1 is 0.821 bits per heavy atom. The number of para-hydroxylation sites is 1.